The zero-order valence-corrected chi connectivity index (χ0v) is 21.6. The molecule has 5 aliphatic rings. The Kier molecular flexibility index (Phi) is 5.80. The maximum Gasteiger partial charge on any atom is 0.157 e. The lowest BCUT2D eigenvalue weighted by Crippen LogP contribution is -2.55. The van der Waals surface area contributed by atoms with Crippen LogP contribution in [-0.4, -0.2) is 46.6 Å². The number of anilines is 3. The molecule has 37 heavy (non-hydrogen) atoms. The molecule has 5 fully saturated rings. The van der Waals surface area contributed by atoms with Gasteiger partial charge in [0.25, 0.3) is 0 Å². The quantitative estimate of drug-likeness (QED) is 0.481. The number of nitrogens with zero attached hydrogens (tertiary/aromatic N) is 4. The van der Waals surface area contributed by atoms with Crippen molar-refractivity contribution in [1.29, 1.82) is 0 Å². The zero-order chi connectivity index (χ0) is 24.8. The standard InChI is InChI=1S/C31H38N6/c32-27-29(35-31-18-22-15-23(19-31)17-24(16-22)20-31)33-21-34-30(27)37-13-11-36(12-14-37)28(25-7-3-1-4-8-25)26-9-5-2-6-10-26/h1-10,21-24,28H,11-20,32H2,(H,33,34,35). The van der Waals surface area contributed by atoms with E-state index in [1.807, 2.05) is 0 Å². The summed E-state index contributed by atoms with van der Waals surface area (Å²) in [4.78, 5) is 14.3. The third-order valence-electron chi connectivity index (χ3n) is 9.49. The lowest BCUT2D eigenvalue weighted by molar-refractivity contribution is 0.0106. The summed E-state index contributed by atoms with van der Waals surface area (Å²) in [5.41, 5.74) is 10.4. The Morgan fingerprint density at radius 2 is 1.30 bits per heavy atom. The smallest absolute Gasteiger partial charge is 0.157 e. The van der Waals surface area contributed by atoms with E-state index in [-0.39, 0.29) is 11.6 Å². The van der Waals surface area contributed by atoms with E-state index in [0.29, 0.717) is 0 Å². The summed E-state index contributed by atoms with van der Waals surface area (Å²) in [5, 5.41) is 3.89. The predicted molar refractivity (Wildman–Crippen MR) is 149 cm³/mol. The van der Waals surface area contributed by atoms with Gasteiger partial charge in [0, 0.05) is 31.7 Å². The Morgan fingerprint density at radius 1 is 0.757 bits per heavy atom. The molecule has 2 aromatic carbocycles. The van der Waals surface area contributed by atoms with Gasteiger partial charge in [0.2, 0.25) is 0 Å². The molecule has 8 rings (SSSR count). The lowest BCUT2D eigenvalue weighted by Gasteiger charge is -2.57. The van der Waals surface area contributed by atoms with Crippen LogP contribution < -0.4 is 16.0 Å². The summed E-state index contributed by atoms with van der Waals surface area (Å²) in [5.74, 6) is 4.39. The van der Waals surface area contributed by atoms with E-state index in [1.165, 1.54) is 49.7 Å². The summed E-state index contributed by atoms with van der Waals surface area (Å²) < 4.78 is 0. The summed E-state index contributed by atoms with van der Waals surface area (Å²) in [7, 11) is 0. The predicted octanol–water partition coefficient (Wildman–Crippen LogP) is 5.35. The van der Waals surface area contributed by atoms with Crippen molar-refractivity contribution < 1.29 is 0 Å². The fourth-order valence-corrected chi connectivity index (χ4v) is 8.33. The second kappa shape index (κ2) is 9.32. The minimum Gasteiger partial charge on any atom is -0.393 e. The van der Waals surface area contributed by atoms with Gasteiger partial charge in [0.1, 0.15) is 12.0 Å². The van der Waals surface area contributed by atoms with Gasteiger partial charge in [-0.3, -0.25) is 4.90 Å². The van der Waals surface area contributed by atoms with Gasteiger partial charge in [0.15, 0.2) is 11.6 Å². The highest BCUT2D eigenvalue weighted by Gasteiger charge is 2.51. The highest BCUT2D eigenvalue weighted by Crippen LogP contribution is 2.56. The first kappa shape index (κ1) is 23.0. The number of aromatic nitrogens is 2. The topological polar surface area (TPSA) is 70.3 Å². The van der Waals surface area contributed by atoms with Crippen LogP contribution in [0.5, 0.6) is 0 Å². The molecule has 192 valence electrons. The fourth-order valence-electron chi connectivity index (χ4n) is 8.33. The molecule has 0 atom stereocenters. The van der Waals surface area contributed by atoms with Gasteiger partial charge >= 0.3 is 0 Å². The van der Waals surface area contributed by atoms with Crippen molar-refractivity contribution in [2.24, 2.45) is 17.8 Å². The molecule has 0 radical (unpaired) electrons. The van der Waals surface area contributed by atoms with Gasteiger partial charge in [-0.05, 0) is 67.4 Å². The summed E-state index contributed by atoms with van der Waals surface area (Å²) in [6.45, 7) is 3.70. The van der Waals surface area contributed by atoms with Crippen LogP contribution in [0.2, 0.25) is 0 Å². The molecular weight excluding hydrogens is 456 g/mol. The van der Waals surface area contributed by atoms with Gasteiger partial charge in [-0.1, -0.05) is 60.7 Å². The van der Waals surface area contributed by atoms with Crippen molar-refractivity contribution in [3.63, 3.8) is 0 Å². The summed E-state index contributed by atoms with van der Waals surface area (Å²) in [6, 6.07) is 22.0. The van der Waals surface area contributed by atoms with Crippen molar-refractivity contribution in [2.45, 2.75) is 50.1 Å². The molecule has 1 saturated heterocycles. The molecule has 1 aliphatic heterocycles. The van der Waals surface area contributed by atoms with Crippen molar-refractivity contribution in [3.05, 3.63) is 78.1 Å². The molecule has 6 heteroatoms. The minimum absolute atomic E-state index is 0.186. The first-order valence-electron chi connectivity index (χ1n) is 14.1. The van der Waals surface area contributed by atoms with Crippen LogP contribution in [0, 0.1) is 17.8 Å². The minimum atomic E-state index is 0.186. The van der Waals surface area contributed by atoms with Crippen LogP contribution >= 0.6 is 0 Å². The normalized spacial score (nSPS) is 29.1. The van der Waals surface area contributed by atoms with Crippen molar-refractivity contribution >= 4 is 17.3 Å². The Bertz CT molecular complexity index is 1150. The second-order valence-electron chi connectivity index (χ2n) is 12.0. The SMILES string of the molecule is Nc1c(NC23CC4CC(CC(C4)C2)C3)ncnc1N1CCN(C(c2ccccc2)c2ccccc2)CC1. The van der Waals surface area contributed by atoms with E-state index in [2.05, 4.69) is 85.7 Å². The maximum absolute atomic E-state index is 6.78. The Labute approximate surface area is 220 Å². The van der Waals surface area contributed by atoms with Gasteiger partial charge < -0.3 is 16.0 Å². The highest BCUT2D eigenvalue weighted by molar-refractivity contribution is 5.75. The van der Waals surface area contributed by atoms with Gasteiger partial charge in [-0.2, -0.15) is 0 Å². The molecule has 0 unspecified atom stereocenters. The Morgan fingerprint density at radius 3 is 1.84 bits per heavy atom. The lowest BCUT2D eigenvalue weighted by atomic mass is 9.53. The van der Waals surface area contributed by atoms with Crippen molar-refractivity contribution in [1.82, 2.24) is 14.9 Å². The van der Waals surface area contributed by atoms with Gasteiger partial charge in [-0.25, -0.2) is 9.97 Å². The monoisotopic (exact) mass is 494 g/mol. The molecule has 2 heterocycles. The molecule has 3 aromatic rings. The number of nitrogens with one attached hydrogen (secondary N) is 1. The molecule has 4 aliphatic carbocycles. The molecule has 6 nitrogen and oxygen atoms in total. The first-order valence-corrected chi connectivity index (χ1v) is 14.1. The van der Waals surface area contributed by atoms with Crippen LogP contribution in [0.25, 0.3) is 0 Å². The van der Waals surface area contributed by atoms with E-state index in [1.54, 1.807) is 6.33 Å². The number of hydrogen-bond donors (Lipinski definition) is 2. The van der Waals surface area contributed by atoms with Crippen LogP contribution in [0.3, 0.4) is 0 Å². The van der Waals surface area contributed by atoms with Crippen LogP contribution in [-0.2, 0) is 0 Å². The number of benzene rings is 2. The maximum atomic E-state index is 6.78. The van der Waals surface area contributed by atoms with E-state index in [9.17, 15) is 0 Å². The van der Waals surface area contributed by atoms with Crippen LogP contribution in [0.15, 0.2) is 67.0 Å². The Balaban J connectivity index is 1.08. The highest BCUT2D eigenvalue weighted by atomic mass is 15.3. The zero-order valence-electron chi connectivity index (χ0n) is 21.6. The van der Waals surface area contributed by atoms with Crippen molar-refractivity contribution in [3.8, 4) is 0 Å². The molecular formula is C31H38N6. The van der Waals surface area contributed by atoms with Crippen LogP contribution in [0.4, 0.5) is 17.3 Å². The summed E-state index contributed by atoms with van der Waals surface area (Å²) >= 11 is 0. The number of piperazine rings is 1. The molecule has 3 N–H and O–H groups in total. The van der Waals surface area contributed by atoms with Crippen LogP contribution in [0.1, 0.15) is 55.7 Å². The molecule has 0 amide bonds. The van der Waals surface area contributed by atoms with Gasteiger partial charge in [0.05, 0.1) is 6.04 Å². The van der Waals surface area contributed by atoms with E-state index in [4.69, 9.17) is 5.73 Å². The molecule has 4 saturated carbocycles. The number of nitrogens with two attached hydrogens (primary N) is 1. The summed E-state index contributed by atoms with van der Waals surface area (Å²) in [6.07, 6.45) is 9.83. The fraction of sp³-hybridized carbons (Fsp3) is 0.484. The Hall–Kier alpha value is -3.12. The average Bonchev–Trinajstić information content (AvgIpc) is 2.91. The van der Waals surface area contributed by atoms with E-state index < -0.39 is 0 Å². The molecule has 1 aromatic heterocycles. The van der Waals surface area contributed by atoms with Gasteiger partial charge in [-0.15, -0.1) is 0 Å². The third-order valence-corrected chi connectivity index (χ3v) is 9.49. The average molecular weight is 495 g/mol. The largest absolute Gasteiger partial charge is 0.393 e. The number of rotatable bonds is 6. The number of nitrogen functional groups attached to an aromatic ring is 1. The first-order chi connectivity index (χ1) is 18.2. The second-order valence-corrected chi connectivity index (χ2v) is 12.0. The van der Waals surface area contributed by atoms with E-state index >= 15 is 0 Å². The molecule has 0 spiro atoms. The molecule has 4 bridgehead atoms. The van der Waals surface area contributed by atoms with Crippen molar-refractivity contribution in [2.75, 3.05) is 42.1 Å². The van der Waals surface area contributed by atoms with E-state index in [0.717, 1.165) is 61.3 Å². The number of hydrogen-bond acceptors (Lipinski definition) is 6. The third kappa shape index (κ3) is 4.35.